The Labute approximate surface area is 203 Å². The molecule has 35 heavy (non-hydrogen) atoms. The number of epoxide rings is 1. The second-order valence-corrected chi connectivity index (χ2v) is 8.91. The first kappa shape index (κ1) is 23.8. The van der Waals surface area contributed by atoms with Crippen LogP contribution in [0.4, 0.5) is 13.2 Å². The molecule has 2 heterocycles. The lowest BCUT2D eigenvalue weighted by Gasteiger charge is -2.29. The minimum absolute atomic E-state index is 0.0271. The van der Waals surface area contributed by atoms with Gasteiger partial charge in [-0.2, -0.15) is 0 Å². The van der Waals surface area contributed by atoms with Gasteiger partial charge in [0, 0.05) is 29.0 Å². The topological polar surface area (TPSA) is 31.0 Å². The largest absolute Gasteiger partial charge is 0.368 e. The zero-order chi connectivity index (χ0) is 24.4. The summed E-state index contributed by atoms with van der Waals surface area (Å²) < 4.78 is 60.7. The average molecular weight is 481 g/mol. The first-order valence-electron chi connectivity index (χ1n) is 11.9. The first-order valence-corrected chi connectivity index (χ1v) is 11.9. The van der Waals surface area contributed by atoms with Crippen molar-refractivity contribution < 1.29 is 27.4 Å². The van der Waals surface area contributed by atoms with Crippen LogP contribution in [0.25, 0.3) is 22.3 Å². The zero-order valence-electron chi connectivity index (χ0n) is 19.5. The van der Waals surface area contributed by atoms with E-state index in [0.717, 1.165) is 18.4 Å². The average Bonchev–Trinajstić information content (AvgIpc) is 3.72. The summed E-state index contributed by atoms with van der Waals surface area (Å²) in [5.74, 6) is -2.16. The van der Waals surface area contributed by atoms with Crippen LogP contribution in [0.5, 0.6) is 0 Å². The van der Waals surface area contributed by atoms with Gasteiger partial charge < -0.3 is 14.2 Å². The zero-order valence-corrected chi connectivity index (χ0v) is 19.5. The van der Waals surface area contributed by atoms with Crippen molar-refractivity contribution >= 4 is 0 Å². The summed E-state index contributed by atoms with van der Waals surface area (Å²) in [5, 5.41) is 0. The van der Waals surface area contributed by atoms with Gasteiger partial charge in [0.25, 0.3) is 0 Å². The molecule has 3 aromatic rings. The Morgan fingerprint density at radius 2 is 1.46 bits per heavy atom. The van der Waals surface area contributed by atoms with Gasteiger partial charge in [-0.1, -0.05) is 60.7 Å². The van der Waals surface area contributed by atoms with Gasteiger partial charge in [-0.15, -0.1) is 0 Å². The normalized spacial score (nSPS) is 22.0. The van der Waals surface area contributed by atoms with E-state index in [1.807, 2.05) is 19.1 Å². The Balaban J connectivity index is 1.28. The predicted molar refractivity (Wildman–Crippen MR) is 128 cm³/mol. The van der Waals surface area contributed by atoms with Crippen molar-refractivity contribution in [2.75, 3.05) is 19.8 Å². The molecule has 3 aromatic carbocycles. The lowest BCUT2D eigenvalue weighted by atomic mass is 9.95. The molecule has 0 amide bonds. The molecule has 0 radical (unpaired) electrons. The van der Waals surface area contributed by atoms with E-state index in [-0.39, 0.29) is 35.3 Å². The van der Waals surface area contributed by atoms with Crippen molar-refractivity contribution in [3.05, 3.63) is 95.3 Å². The van der Waals surface area contributed by atoms with Crippen molar-refractivity contribution in [2.24, 2.45) is 0 Å². The van der Waals surface area contributed by atoms with E-state index >= 15 is 4.39 Å². The van der Waals surface area contributed by atoms with Crippen LogP contribution in [-0.2, 0) is 14.2 Å². The molecule has 0 aromatic heterocycles. The highest BCUT2D eigenvalue weighted by Gasteiger charge is 2.30. The highest BCUT2D eigenvalue weighted by Crippen LogP contribution is 2.36. The van der Waals surface area contributed by atoms with Crippen LogP contribution in [0.15, 0.2) is 66.7 Å². The van der Waals surface area contributed by atoms with Gasteiger partial charge in [-0.05, 0) is 36.1 Å². The molecular weight excluding hydrogens is 453 g/mol. The fourth-order valence-corrected chi connectivity index (χ4v) is 4.41. The Morgan fingerprint density at radius 3 is 2.09 bits per heavy atom. The highest BCUT2D eigenvalue weighted by atomic mass is 19.2. The molecular formula is C29H27F3O3. The highest BCUT2D eigenvalue weighted by molar-refractivity contribution is 5.71. The Morgan fingerprint density at radius 1 is 0.800 bits per heavy atom. The fraction of sp³-hybridized carbons (Fsp3) is 0.310. The minimum Gasteiger partial charge on any atom is -0.368 e. The lowest BCUT2D eigenvalue weighted by Crippen LogP contribution is -2.30. The van der Waals surface area contributed by atoms with Crippen LogP contribution in [-0.4, -0.2) is 26.1 Å². The van der Waals surface area contributed by atoms with Crippen LogP contribution < -0.4 is 0 Å². The first-order chi connectivity index (χ1) is 17.0. The number of allylic oxidation sites excluding steroid dienone is 2. The molecule has 0 spiro atoms. The van der Waals surface area contributed by atoms with Crippen molar-refractivity contribution in [1.29, 1.82) is 0 Å². The molecule has 182 valence electrons. The molecule has 0 bridgehead atoms. The third-order valence-corrected chi connectivity index (χ3v) is 6.54. The summed E-state index contributed by atoms with van der Waals surface area (Å²) in [6, 6.07) is 15.0. The molecule has 2 aliphatic heterocycles. The van der Waals surface area contributed by atoms with Gasteiger partial charge in [0.05, 0.1) is 19.8 Å². The van der Waals surface area contributed by atoms with E-state index in [9.17, 15) is 8.78 Å². The molecule has 0 aliphatic carbocycles. The molecule has 0 N–H and O–H groups in total. The molecule has 2 aliphatic rings. The molecule has 0 saturated carbocycles. The molecule has 2 saturated heterocycles. The summed E-state index contributed by atoms with van der Waals surface area (Å²) in [6.45, 7) is 3.37. The van der Waals surface area contributed by atoms with Gasteiger partial charge >= 0.3 is 0 Å². The monoisotopic (exact) mass is 480 g/mol. The summed E-state index contributed by atoms with van der Waals surface area (Å²) >= 11 is 0. The van der Waals surface area contributed by atoms with Gasteiger partial charge in [-0.25, -0.2) is 13.2 Å². The lowest BCUT2D eigenvalue weighted by molar-refractivity contribution is -0.189. The van der Waals surface area contributed by atoms with Crippen LogP contribution in [0.1, 0.15) is 42.9 Å². The van der Waals surface area contributed by atoms with Crippen molar-refractivity contribution in [3.8, 4) is 22.3 Å². The van der Waals surface area contributed by atoms with Crippen molar-refractivity contribution in [3.63, 3.8) is 0 Å². The molecule has 2 fully saturated rings. The predicted octanol–water partition coefficient (Wildman–Crippen LogP) is 7.32. The molecule has 1 unspecified atom stereocenters. The number of rotatable bonds is 7. The summed E-state index contributed by atoms with van der Waals surface area (Å²) in [4.78, 5) is 0. The second-order valence-electron chi connectivity index (χ2n) is 8.91. The summed E-state index contributed by atoms with van der Waals surface area (Å²) in [5.41, 5.74) is 2.84. The maximum Gasteiger partial charge on any atom is 0.167 e. The van der Waals surface area contributed by atoms with E-state index in [1.54, 1.807) is 42.5 Å². The van der Waals surface area contributed by atoms with Crippen molar-refractivity contribution in [2.45, 2.75) is 38.1 Å². The molecule has 6 heteroatoms. The number of halogens is 3. The van der Waals surface area contributed by atoms with E-state index < -0.39 is 11.6 Å². The maximum absolute atomic E-state index is 15.0. The van der Waals surface area contributed by atoms with Gasteiger partial charge in [0.15, 0.2) is 17.9 Å². The van der Waals surface area contributed by atoms with E-state index in [1.165, 1.54) is 6.07 Å². The van der Waals surface area contributed by atoms with Gasteiger partial charge in [0.2, 0.25) is 0 Å². The molecule has 3 nitrogen and oxygen atoms in total. The minimum atomic E-state index is -0.901. The van der Waals surface area contributed by atoms with E-state index in [2.05, 4.69) is 6.08 Å². The number of hydrogen-bond donors (Lipinski definition) is 0. The summed E-state index contributed by atoms with van der Waals surface area (Å²) in [7, 11) is 0. The number of ether oxygens (including phenoxy) is 3. The fourth-order valence-electron chi connectivity index (χ4n) is 4.41. The standard InChI is InChI=1S/C29H27F3O3/c1-2-3-4-5-27-34-15-21(16-35-27)20-10-11-22(25(30)14-20)18-6-8-19(9-7-18)23-12-13-24(26-17-33-26)29(32)28(23)31/h2-3,6-14,21,26-27H,4-5,15-17H2,1H3/b3-2+. The SMILES string of the molecule is C/C=C/CCC1OCC(c2ccc(-c3ccc(-c4ccc(C5CO5)c(F)c4F)cc3)c(F)c2)CO1. The number of hydrogen-bond acceptors (Lipinski definition) is 3. The Hall–Kier alpha value is -2.93. The van der Waals surface area contributed by atoms with Crippen LogP contribution >= 0.6 is 0 Å². The summed E-state index contributed by atoms with van der Waals surface area (Å²) in [6.07, 6.45) is 5.20. The van der Waals surface area contributed by atoms with Gasteiger partial charge in [0.1, 0.15) is 11.9 Å². The molecule has 5 rings (SSSR count). The van der Waals surface area contributed by atoms with Crippen LogP contribution in [0, 0.1) is 17.5 Å². The third-order valence-electron chi connectivity index (χ3n) is 6.54. The quantitative estimate of drug-likeness (QED) is 0.262. The maximum atomic E-state index is 15.0. The van der Waals surface area contributed by atoms with Gasteiger partial charge in [-0.3, -0.25) is 0 Å². The molecule has 1 atom stereocenters. The Kier molecular flexibility index (Phi) is 7.04. The third kappa shape index (κ3) is 5.20. The Bertz CT molecular complexity index is 1210. The van der Waals surface area contributed by atoms with Crippen molar-refractivity contribution in [1.82, 2.24) is 0 Å². The smallest absolute Gasteiger partial charge is 0.167 e. The van der Waals surface area contributed by atoms with E-state index in [0.29, 0.717) is 36.5 Å². The van der Waals surface area contributed by atoms with E-state index in [4.69, 9.17) is 14.2 Å². The van der Waals surface area contributed by atoms with Crippen LogP contribution in [0.2, 0.25) is 0 Å². The second kappa shape index (κ2) is 10.4. The van der Waals surface area contributed by atoms with Crippen LogP contribution in [0.3, 0.4) is 0 Å². The number of benzene rings is 3.